The fourth-order valence-electron chi connectivity index (χ4n) is 1.25. The van der Waals surface area contributed by atoms with Gasteiger partial charge in [-0.2, -0.15) is 0 Å². The molecule has 0 aliphatic heterocycles. The first-order valence-corrected chi connectivity index (χ1v) is 5.98. The molecule has 0 saturated carbocycles. The first kappa shape index (κ1) is 12.9. The van der Waals surface area contributed by atoms with E-state index in [4.69, 9.17) is 11.6 Å². The van der Waals surface area contributed by atoms with Gasteiger partial charge >= 0.3 is 0 Å². The second kappa shape index (κ2) is 5.41. The van der Waals surface area contributed by atoms with Crippen molar-refractivity contribution in [3.05, 3.63) is 51.7 Å². The zero-order chi connectivity index (χ0) is 13.1. The van der Waals surface area contributed by atoms with E-state index in [9.17, 15) is 9.18 Å². The number of para-hydroxylation sites is 1. The summed E-state index contributed by atoms with van der Waals surface area (Å²) in [5.41, 5.74) is 0.0573. The average Bonchev–Trinajstić information content (AvgIpc) is 2.34. The number of benzene rings is 1. The Morgan fingerprint density at radius 1 is 1.39 bits per heavy atom. The quantitative estimate of drug-likeness (QED) is 0.919. The maximum Gasteiger partial charge on any atom is 0.276 e. The third-order valence-corrected chi connectivity index (χ3v) is 2.88. The van der Waals surface area contributed by atoms with Gasteiger partial charge in [0.15, 0.2) is 0 Å². The van der Waals surface area contributed by atoms with Crippen molar-refractivity contribution in [1.29, 1.82) is 0 Å². The van der Waals surface area contributed by atoms with Crippen LogP contribution in [0.5, 0.6) is 0 Å². The van der Waals surface area contributed by atoms with Crippen molar-refractivity contribution in [3.8, 4) is 0 Å². The third kappa shape index (κ3) is 2.83. The summed E-state index contributed by atoms with van der Waals surface area (Å²) in [6.45, 7) is 0. The topological polar surface area (TPSA) is 54.9 Å². The lowest BCUT2D eigenvalue weighted by molar-refractivity contribution is 0.102. The predicted octanol–water partition coefficient (Wildman–Crippen LogP) is 3.28. The van der Waals surface area contributed by atoms with E-state index in [2.05, 4.69) is 31.2 Å². The van der Waals surface area contributed by atoms with Crippen LogP contribution in [0.2, 0.25) is 5.15 Å². The molecular weight excluding hydrogens is 324 g/mol. The molecule has 4 nitrogen and oxygen atoms in total. The summed E-state index contributed by atoms with van der Waals surface area (Å²) in [5.74, 6) is -1.14. The van der Waals surface area contributed by atoms with Gasteiger partial charge in [-0.1, -0.05) is 17.7 Å². The number of amides is 1. The van der Waals surface area contributed by atoms with Gasteiger partial charge in [0, 0.05) is 4.47 Å². The van der Waals surface area contributed by atoms with Crippen LogP contribution in [0.3, 0.4) is 0 Å². The van der Waals surface area contributed by atoms with Gasteiger partial charge in [0.25, 0.3) is 5.91 Å². The molecule has 0 fully saturated rings. The number of carbonyl (C=O) groups excluding carboxylic acids is 1. The smallest absolute Gasteiger partial charge is 0.276 e. The highest BCUT2D eigenvalue weighted by Crippen LogP contribution is 2.25. The SMILES string of the molecule is O=C(Nc1c(F)cccc1Br)c1cncc(Cl)n1. The Bertz CT molecular complexity index is 588. The Balaban J connectivity index is 2.27. The normalized spacial score (nSPS) is 10.2. The lowest BCUT2D eigenvalue weighted by atomic mass is 10.3. The van der Waals surface area contributed by atoms with Crippen LogP contribution in [0.1, 0.15) is 10.5 Å². The predicted molar refractivity (Wildman–Crippen MR) is 69.1 cm³/mol. The van der Waals surface area contributed by atoms with E-state index < -0.39 is 11.7 Å². The molecule has 1 amide bonds. The van der Waals surface area contributed by atoms with Crippen molar-refractivity contribution >= 4 is 39.1 Å². The first-order chi connectivity index (χ1) is 8.58. The highest BCUT2D eigenvalue weighted by atomic mass is 79.9. The summed E-state index contributed by atoms with van der Waals surface area (Å²) in [6.07, 6.45) is 2.55. The summed E-state index contributed by atoms with van der Waals surface area (Å²) in [6, 6.07) is 4.38. The standard InChI is InChI=1S/C11H6BrClFN3O/c12-6-2-1-3-7(14)10(6)17-11(18)8-4-15-5-9(13)16-8/h1-5H,(H,17,18). The van der Waals surface area contributed by atoms with Gasteiger partial charge in [0.1, 0.15) is 16.7 Å². The second-order valence-corrected chi connectivity index (χ2v) is 4.52. The molecule has 1 heterocycles. The van der Waals surface area contributed by atoms with E-state index in [0.29, 0.717) is 4.47 Å². The van der Waals surface area contributed by atoms with Crippen molar-refractivity contribution in [2.45, 2.75) is 0 Å². The number of hydrogen-bond acceptors (Lipinski definition) is 3. The molecule has 1 aromatic carbocycles. The van der Waals surface area contributed by atoms with Crippen molar-refractivity contribution in [2.75, 3.05) is 5.32 Å². The first-order valence-electron chi connectivity index (χ1n) is 4.81. The molecule has 0 unspecified atom stereocenters. The number of carbonyl (C=O) groups is 1. The molecule has 7 heteroatoms. The van der Waals surface area contributed by atoms with E-state index in [1.807, 2.05) is 0 Å². The molecule has 18 heavy (non-hydrogen) atoms. The minimum absolute atomic E-state index is 0.0117. The fraction of sp³-hybridized carbons (Fsp3) is 0. The number of anilines is 1. The van der Waals surface area contributed by atoms with Gasteiger partial charge in [-0.3, -0.25) is 9.78 Å². The molecule has 0 bridgehead atoms. The van der Waals surface area contributed by atoms with Gasteiger partial charge in [-0.25, -0.2) is 9.37 Å². The summed E-state index contributed by atoms with van der Waals surface area (Å²) in [7, 11) is 0. The summed E-state index contributed by atoms with van der Waals surface area (Å²) < 4.78 is 13.9. The number of nitrogens with one attached hydrogen (secondary N) is 1. The zero-order valence-electron chi connectivity index (χ0n) is 8.82. The molecular formula is C11H6BrClFN3O. The number of nitrogens with zero attached hydrogens (tertiary/aromatic N) is 2. The number of aromatic nitrogens is 2. The molecule has 2 rings (SSSR count). The Morgan fingerprint density at radius 3 is 2.83 bits per heavy atom. The van der Waals surface area contributed by atoms with Crippen molar-refractivity contribution in [3.63, 3.8) is 0 Å². The summed E-state index contributed by atoms with van der Waals surface area (Å²) >= 11 is 8.76. The van der Waals surface area contributed by atoms with Crippen LogP contribution in [0.4, 0.5) is 10.1 Å². The Morgan fingerprint density at radius 2 is 2.17 bits per heavy atom. The number of hydrogen-bond donors (Lipinski definition) is 1. The van der Waals surface area contributed by atoms with E-state index in [1.54, 1.807) is 6.07 Å². The molecule has 0 saturated heterocycles. The van der Waals surface area contributed by atoms with Gasteiger partial charge < -0.3 is 5.32 Å². The lowest BCUT2D eigenvalue weighted by Crippen LogP contribution is -2.15. The van der Waals surface area contributed by atoms with Gasteiger partial charge in [0.05, 0.1) is 18.1 Å². The van der Waals surface area contributed by atoms with E-state index >= 15 is 0 Å². The molecule has 1 N–H and O–H groups in total. The van der Waals surface area contributed by atoms with Crippen LogP contribution in [0, 0.1) is 5.82 Å². The Hall–Kier alpha value is -1.53. The second-order valence-electron chi connectivity index (χ2n) is 3.28. The Kier molecular flexibility index (Phi) is 3.88. The van der Waals surface area contributed by atoms with Crippen molar-refractivity contribution < 1.29 is 9.18 Å². The Labute approximate surface area is 115 Å². The van der Waals surface area contributed by atoms with Gasteiger partial charge in [-0.05, 0) is 28.1 Å². The molecule has 2 aromatic rings. The summed E-state index contributed by atoms with van der Waals surface area (Å²) in [5, 5.41) is 2.49. The third-order valence-electron chi connectivity index (χ3n) is 2.04. The molecule has 1 aromatic heterocycles. The minimum atomic E-state index is -0.587. The van der Waals surface area contributed by atoms with Crippen molar-refractivity contribution in [1.82, 2.24) is 9.97 Å². The lowest BCUT2D eigenvalue weighted by Gasteiger charge is -2.07. The fourth-order valence-corrected chi connectivity index (χ4v) is 1.83. The number of halogens is 3. The monoisotopic (exact) mass is 329 g/mol. The van der Waals surface area contributed by atoms with Gasteiger partial charge in [0.2, 0.25) is 0 Å². The van der Waals surface area contributed by atoms with E-state index in [0.717, 1.165) is 0 Å². The molecule has 0 atom stereocenters. The van der Waals surface area contributed by atoms with Crippen molar-refractivity contribution in [2.24, 2.45) is 0 Å². The van der Waals surface area contributed by atoms with Crippen LogP contribution in [-0.4, -0.2) is 15.9 Å². The van der Waals surface area contributed by atoms with Gasteiger partial charge in [-0.15, -0.1) is 0 Å². The maximum atomic E-state index is 13.5. The summed E-state index contributed by atoms with van der Waals surface area (Å²) in [4.78, 5) is 19.3. The van der Waals surface area contributed by atoms with Crippen LogP contribution in [0.25, 0.3) is 0 Å². The highest BCUT2D eigenvalue weighted by molar-refractivity contribution is 9.10. The van der Waals surface area contributed by atoms with Crippen LogP contribution < -0.4 is 5.32 Å². The molecule has 0 spiro atoms. The largest absolute Gasteiger partial charge is 0.317 e. The van der Waals surface area contributed by atoms with Crippen LogP contribution in [0.15, 0.2) is 35.1 Å². The van der Waals surface area contributed by atoms with E-state index in [-0.39, 0.29) is 16.5 Å². The average molecular weight is 331 g/mol. The zero-order valence-corrected chi connectivity index (χ0v) is 11.2. The minimum Gasteiger partial charge on any atom is -0.317 e. The molecule has 0 aliphatic rings. The van der Waals surface area contributed by atoms with Crippen LogP contribution >= 0.6 is 27.5 Å². The molecule has 0 radical (unpaired) electrons. The highest BCUT2D eigenvalue weighted by Gasteiger charge is 2.13. The maximum absolute atomic E-state index is 13.5. The van der Waals surface area contributed by atoms with E-state index in [1.165, 1.54) is 24.5 Å². The number of rotatable bonds is 2. The molecule has 92 valence electrons. The van der Waals surface area contributed by atoms with Crippen LogP contribution in [-0.2, 0) is 0 Å². The molecule has 0 aliphatic carbocycles.